The molecule has 7 nitrogen and oxygen atoms in total. The predicted octanol–water partition coefficient (Wildman–Crippen LogP) is 1.51. The van der Waals surface area contributed by atoms with Crippen LogP contribution >= 0.6 is 0 Å². The molecule has 7 heteroatoms. The maximum absolute atomic E-state index is 13.1. The number of hydrogen-bond donors (Lipinski definition) is 1. The highest BCUT2D eigenvalue weighted by Crippen LogP contribution is 2.27. The average molecular weight is 344 g/mol. The highest BCUT2D eigenvalue weighted by Gasteiger charge is 2.34. The summed E-state index contributed by atoms with van der Waals surface area (Å²) in [5, 5.41) is 14.8. The Balaban J connectivity index is 1.52. The minimum absolute atomic E-state index is 0.00780. The minimum Gasteiger partial charge on any atom is -0.391 e. The van der Waals surface area contributed by atoms with Gasteiger partial charge in [-0.25, -0.2) is 4.98 Å². The third kappa shape index (κ3) is 2.91. The molecule has 0 radical (unpaired) electrons. The Morgan fingerprint density at radius 3 is 2.68 bits per heavy atom. The van der Waals surface area contributed by atoms with Crippen LogP contribution in [0.1, 0.15) is 41.0 Å². The first-order valence-corrected chi connectivity index (χ1v) is 8.99. The molecule has 2 aromatic heterocycles. The van der Waals surface area contributed by atoms with Crippen LogP contribution in [-0.2, 0) is 0 Å². The summed E-state index contributed by atoms with van der Waals surface area (Å²) < 4.78 is 5.24. The van der Waals surface area contributed by atoms with Crippen molar-refractivity contribution >= 4 is 17.0 Å². The number of nitrogens with zero attached hydrogens (tertiary/aromatic N) is 4. The van der Waals surface area contributed by atoms with E-state index in [0.717, 1.165) is 38.0 Å². The number of aromatic nitrogens is 2. The first-order chi connectivity index (χ1) is 12.0. The molecule has 4 rings (SSSR count). The summed E-state index contributed by atoms with van der Waals surface area (Å²) in [4.78, 5) is 21.6. The van der Waals surface area contributed by atoms with Gasteiger partial charge in [0.05, 0.1) is 22.7 Å². The lowest BCUT2D eigenvalue weighted by Crippen LogP contribution is -2.53. The monoisotopic (exact) mass is 344 g/mol. The van der Waals surface area contributed by atoms with Crippen molar-refractivity contribution in [2.24, 2.45) is 0 Å². The maximum Gasteiger partial charge on any atom is 0.258 e. The summed E-state index contributed by atoms with van der Waals surface area (Å²) in [5.41, 5.74) is 2.49. The van der Waals surface area contributed by atoms with Crippen LogP contribution in [0.25, 0.3) is 11.1 Å². The van der Waals surface area contributed by atoms with Crippen molar-refractivity contribution in [2.45, 2.75) is 45.3 Å². The second-order valence-corrected chi connectivity index (χ2v) is 7.15. The fourth-order valence-electron chi connectivity index (χ4n) is 4.16. The highest BCUT2D eigenvalue weighted by molar-refractivity contribution is 6.06. The third-order valence-electron chi connectivity index (χ3n) is 5.49. The second kappa shape index (κ2) is 6.38. The van der Waals surface area contributed by atoms with Gasteiger partial charge in [-0.2, -0.15) is 0 Å². The van der Waals surface area contributed by atoms with Crippen molar-refractivity contribution < 1.29 is 14.4 Å². The molecule has 1 aliphatic carbocycles. The van der Waals surface area contributed by atoms with E-state index in [1.807, 2.05) is 24.8 Å². The Morgan fingerprint density at radius 2 is 2.00 bits per heavy atom. The van der Waals surface area contributed by atoms with Gasteiger partial charge < -0.3 is 14.5 Å². The molecule has 1 N–H and O–H groups in total. The molecule has 0 aromatic carbocycles. The van der Waals surface area contributed by atoms with E-state index in [1.54, 1.807) is 0 Å². The third-order valence-corrected chi connectivity index (χ3v) is 5.49. The predicted molar refractivity (Wildman–Crippen MR) is 92.4 cm³/mol. The van der Waals surface area contributed by atoms with Gasteiger partial charge in [0, 0.05) is 37.9 Å². The molecular formula is C18H24N4O3. The van der Waals surface area contributed by atoms with E-state index in [2.05, 4.69) is 15.0 Å². The van der Waals surface area contributed by atoms with Crippen LogP contribution < -0.4 is 0 Å². The van der Waals surface area contributed by atoms with Crippen LogP contribution in [0, 0.1) is 13.8 Å². The topological polar surface area (TPSA) is 82.7 Å². The van der Waals surface area contributed by atoms with Gasteiger partial charge in [0.25, 0.3) is 11.6 Å². The summed E-state index contributed by atoms with van der Waals surface area (Å²) >= 11 is 0. The lowest BCUT2D eigenvalue weighted by molar-refractivity contribution is 0.0316. The number of amides is 1. The Morgan fingerprint density at radius 1 is 1.24 bits per heavy atom. The normalized spacial score (nSPS) is 25.0. The summed E-state index contributed by atoms with van der Waals surface area (Å²) in [6.07, 6.45) is 2.82. The highest BCUT2D eigenvalue weighted by atomic mass is 16.5. The van der Waals surface area contributed by atoms with Gasteiger partial charge in [-0.05, 0) is 39.2 Å². The maximum atomic E-state index is 13.1. The van der Waals surface area contributed by atoms with Gasteiger partial charge in [0.2, 0.25) is 0 Å². The van der Waals surface area contributed by atoms with E-state index >= 15 is 0 Å². The number of rotatable bonds is 2. The summed E-state index contributed by atoms with van der Waals surface area (Å²) in [6.45, 7) is 6.66. The van der Waals surface area contributed by atoms with Crippen molar-refractivity contribution in [3.05, 3.63) is 23.0 Å². The number of carbonyl (C=O) groups excluding carboxylic acids is 1. The van der Waals surface area contributed by atoms with Crippen molar-refractivity contribution in [3.8, 4) is 0 Å². The Labute approximate surface area is 146 Å². The Hall–Kier alpha value is -1.99. The fraction of sp³-hybridized carbons (Fsp3) is 0.611. The van der Waals surface area contributed by atoms with Crippen molar-refractivity contribution in [1.82, 2.24) is 19.9 Å². The minimum atomic E-state index is -0.218. The van der Waals surface area contributed by atoms with Gasteiger partial charge in [-0.3, -0.25) is 9.69 Å². The molecule has 134 valence electrons. The number of aliphatic hydroxyl groups is 1. The zero-order chi connectivity index (χ0) is 17.6. The number of carbonyl (C=O) groups is 1. The second-order valence-electron chi connectivity index (χ2n) is 7.15. The first-order valence-electron chi connectivity index (χ1n) is 8.99. The van der Waals surface area contributed by atoms with Crippen molar-refractivity contribution in [3.63, 3.8) is 0 Å². The SMILES string of the molecule is Cc1cc(C(=O)N2CCN([C@H]3CCC[C@@H]3O)CC2)c2c(C)noc2n1. The average Bonchev–Trinajstić information content (AvgIpc) is 3.20. The van der Waals surface area contributed by atoms with Crippen LogP contribution in [0.4, 0.5) is 0 Å². The molecule has 2 fully saturated rings. The lowest BCUT2D eigenvalue weighted by Gasteiger charge is -2.39. The molecule has 1 amide bonds. The van der Waals surface area contributed by atoms with Crippen LogP contribution in [-0.4, -0.2) is 69.3 Å². The summed E-state index contributed by atoms with van der Waals surface area (Å²) in [5.74, 6) is 0.00780. The molecule has 1 saturated carbocycles. The molecule has 3 heterocycles. The Bertz CT molecular complexity index is 795. The summed E-state index contributed by atoms with van der Waals surface area (Å²) in [6, 6.07) is 2.08. The van der Waals surface area contributed by atoms with E-state index in [-0.39, 0.29) is 18.1 Å². The fourth-order valence-corrected chi connectivity index (χ4v) is 4.16. The standard InChI is InChI=1S/C18H24N4O3/c1-11-10-13(16-12(2)20-25-17(16)19-11)18(24)22-8-6-21(7-9-22)14-4-3-5-15(14)23/h10,14-15,23H,3-9H2,1-2H3/t14-,15-/m0/s1. The molecule has 2 aliphatic rings. The van der Waals surface area contributed by atoms with E-state index in [0.29, 0.717) is 35.4 Å². The summed E-state index contributed by atoms with van der Waals surface area (Å²) in [7, 11) is 0. The van der Waals surface area contributed by atoms with Crippen LogP contribution in [0.3, 0.4) is 0 Å². The van der Waals surface area contributed by atoms with Gasteiger partial charge in [0.1, 0.15) is 0 Å². The molecule has 2 aromatic rings. The van der Waals surface area contributed by atoms with Gasteiger partial charge >= 0.3 is 0 Å². The number of aryl methyl sites for hydroxylation is 2. The largest absolute Gasteiger partial charge is 0.391 e. The first kappa shape index (κ1) is 16.5. The zero-order valence-electron chi connectivity index (χ0n) is 14.7. The van der Waals surface area contributed by atoms with Crippen LogP contribution in [0.15, 0.2) is 10.6 Å². The van der Waals surface area contributed by atoms with E-state index < -0.39 is 0 Å². The van der Waals surface area contributed by atoms with E-state index in [1.165, 1.54) is 0 Å². The van der Waals surface area contributed by atoms with E-state index in [4.69, 9.17) is 4.52 Å². The molecule has 2 atom stereocenters. The zero-order valence-corrected chi connectivity index (χ0v) is 14.7. The van der Waals surface area contributed by atoms with Crippen LogP contribution in [0.5, 0.6) is 0 Å². The van der Waals surface area contributed by atoms with Gasteiger partial charge in [0.15, 0.2) is 0 Å². The van der Waals surface area contributed by atoms with Gasteiger partial charge in [-0.1, -0.05) is 5.16 Å². The number of pyridine rings is 1. The van der Waals surface area contributed by atoms with Crippen molar-refractivity contribution in [1.29, 1.82) is 0 Å². The molecule has 1 saturated heterocycles. The van der Waals surface area contributed by atoms with Crippen molar-refractivity contribution in [2.75, 3.05) is 26.2 Å². The number of hydrogen-bond acceptors (Lipinski definition) is 6. The molecule has 0 spiro atoms. The number of fused-ring (bicyclic) bond motifs is 1. The number of aliphatic hydroxyl groups excluding tert-OH is 1. The molecule has 1 aliphatic heterocycles. The molecule has 0 unspecified atom stereocenters. The molecule has 0 bridgehead atoms. The Kier molecular flexibility index (Phi) is 4.21. The lowest BCUT2D eigenvalue weighted by atomic mass is 10.1. The number of piperazine rings is 1. The van der Waals surface area contributed by atoms with E-state index in [9.17, 15) is 9.90 Å². The van der Waals surface area contributed by atoms with Gasteiger partial charge in [-0.15, -0.1) is 0 Å². The molecular weight excluding hydrogens is 320 g/mol. The quantitative estimate of drug-likeness (QED) is 0.889. The molecule has 25 heavy (non-hydrogen) atoms. The van der Waals surface area contributed by atoms with Crippen LogP contribution in [0.2, 0.25) is 0 Å². The smallest absolute Gasteiger partial charge is 0.258 e.